The number of aliphatic imine (C=N–C) groups is 1. The van der Waals surface area contributed by atoms with Crippen LogP contribution in [0.5, 0.6) is 0 Å². The molecule has 2 N–H and O–H groups in total. The number of aromatic nitrogens is 2. The molecule has 3 aromatic rings. The maximum atomic E-state index is 6.00. The molecular formula is C20H22ClN5O. The van der Waals surface area contributed by atoms with Crippen LogP contribution in [0.2, 0.25) is 5.02 Å². The van der Waals surface area contributed by atoms with Crippen LogP contribution in [0.15, 0.2) is 58.0 Å². The van der Waals surface area contributed by atoms with Crippen molar-refractivity contribution in [2.24, 2.45) is 4.99 Å². The molecular weight excluding hydrogens is 362 g/mol. The number of guanidine groups is 1. The predicted molar refractivity (Wildman–Crippen MR) is 108 cm³/mol. The zero-order valence-corrected chi connectivity index (χ0v) is 16.1. The second-order valence-electron chi connectivity index (χ2n) is 6.11. The van der Waals surface area contributed by atoms with Crippen molar-refractivity contribution >= 4 is 17.6 Å². The third kappa shape index (κ3) is 5.56. The van der Waals surface area contributed by atoms with Crippen LogP contribution in [0.3, 0.4) is 0 Å². The summed E-state index contributed by atoms with van der Waals surface area (Å²) in [6, 6.07) is 15.7. The molecule has 0 radical (unpaired) electrons. The molecule has 0 bridgehead atoms. The number of rotatable bonds is 6. The first kappa shape index (κ1) is 18.9. The summed E-state index contributed by atoms with van der Waals surface area (Å²) in [5.41, 5.74) is 3.28. The molecule has 0 saturated carbocycles. The lowest BCUT2D eigenvalue weighted by molar-refractivity contribution is 0.378. The van der Waals surface area contributed by atoms with Gasteiger partial charge in [0.25, 0.3) is 0 Å². The SMILES string of the molecule is CN=C(NCCc1nc(-c2cccc(Cl)c2)no1)NCc1cccc(C)c1. The molecule has 1 aromatic heterocycles. The summed E-state index contributed by atoms with van der Waals surface area (Å²) < 4.78 is 5.31. The van der Waals surface area contributed by atoms with Crippen LogP contribution in [-0.4, -0.2) is 29.7 Å². The van der Waals surface area contributed by atoms with Crippen molar-refractivity contribution in [3.63, 3.8) is 0 Å². The molecule has 1 heterocycles. The van der Waals surface area contributed by atoms with Gasteiger partial charge in [-0.3, -0.25) is 4.99 Å². The van der Waals surface area contributed by atoms with Crippen molar-refractivity contribution in [2.45, 2.75) is 19.9 Å². The van der Waals surface area contributed by atoms with Crippen LogP contribution < -0.4 is 10.6 Å². The van der Waals surface area contributed by atoms with Crippen molar-refractivity contribution in [1.29, 1.82) is 0 Å². The van der Waals surface area contributed by atoms with Crippen LogP contribution in [-0.2, 0) is 13.0 Å². The van der Waals surface area contributed by atoms with Gasteiger partial charge in [0.1, 0.15) is 0 Å². The highest BCUT2D eigenvalue weighted by molar-refractivity contribution is 6.30. The predicted octanol–water partition coefficient (Wildman–Crippen LogP) is 3.61. The molecule has 0 aliphatic carbocycles. The highest BCUT2D eigenvalue weighted by Crippen LogP contribution is 2.19. The van der Waals surface area contributed by atoms with E-state index in [0.717, 1.165) is 11.5 Å². The Morgan fingerprint density at radius 2 is 2.00 bits per heavy atom. The number of nitrogens with zero attached hydrogens (tertiary/aromatic N) is 3. The highest BCUT2D eigenvalue weighted by atomic mass is 35.5. The summed E-state index contributed by atoms with van der Waals surface area (Å²) in [5, 5.41) is 11.2. The van der Waals surface area contributed by atoms with E-state index < -0.39 is 0 Å². The lowest BCUT2D eigenvalue weighted by Gasteiger charge is -2.11. The maximum Gasteiger partial charge on any atom is 0.228 e. The van der Waals surface area contributed by atoms with Crippen molar-refractivity contribution in [1.82, 2.24) is 20.8 Å². The molecule has 27 heavy (non-hydrogen) atoms. The third-order valence-corrected chi connectivity index (χ3v) is 4.18. The average molecular weight is 384 g/mol. The minimum Gasteiger partial charge on any atom is -0.356 e. The molecule has 2 aromatic carbocycles. The van der Waals surface area contributed by atoms with Gasteiger partial charge in [-0.1, -0.05) is 58.7 Å². The third-order valence-electron chi connectivity index (χ3n) is 3.95. The first-order valence-corrected chi connectivity index (χ1v) is 9.10. The maximum absolute atomic E-state index is 6.00. The van der Waals surface area contributed by atoms with Crippen molar-refractivity contribution in [2.75, 3.05) is 13.6 Å². The van der Waals surface area contributed by atoms with Crippen LogP contribution in [0.25, 0.3) is 11.4 Å². The number of hydrogen-bond acceptors (Lipinski definition) is 4. The van der Waals surface area contributed by atoms with E-state index in [1.54, 1.807) is 7.05 Å². The van der Waals surface area contributed by atoms with Gasteiger partial charge in [0, 0.05) is 37.1 Å². The number of nitrogens with one attached hydrogen (secondary N) is 2. The molecule has 0 fully saturated rings. The van der Waals surface area contributed by atoms with Gasteiger partial charge in [-0.25, -0.2) is 0 Å². The molecule has 0 aliphatic heterocycles. The van der Waals surface area contributed by atoms with E-state index in [4.69, 9.17) is 16.1 Å². The zero-order valence-electron chi connectivity index (χ0n) is 15.4. The Labute approximate surface area is 163 Å². The minimum absolute atomic E-state index is 0.537. The van der Waals surface area contributed by atoms with Gasteiger partial charge in [0.05, 0.1) is 0 Å². The summed E-state index contributed by atoms with van der Waals surface area (Å²) in [4.78, 5) is 8.64. The lowest BCUT2D eigenvalue weighted by atomic mass is 10.1. The molecule has 0 atom stereocenters. The summed E-state index contributed by atoms with van der Waals surface area (Å²) in [6.07, 6.45) is 0.596. The first-order chi connectivity index (χ1) is 13.1. The van der Waals surface area contributed by atoms with E-state index in [0.29, 0.717) is 36.2 Å². The first-order valence-electron chi connectivity index (χ1n) is 8.72. The van der Waals surface area contributed by atoms with Gasteiger partial charge in [0.2, 0.25) is 11.7 Å². The Morgan fingerprint density at radius 1 is 1.15 bits per heavy atom. The fourth-order valence-corrected chi connectivity index (χ4v) is 2.81. The minimum atomic E-state index is 0.537. The van der Waals surface area contributed by atoms with Gasteiger partial charge in [0.15, 0.2) is 5.96 Å². The lowest BCUT2D eigenvalue weighted by Crippen LogP contribution is -2.37. The summed E-state index contributed by atoms with van der Waals surface area (Å²) in [7, 11) is 1.75. The molecule has 0 unspecified atom stereocenters. The number of halogens is 1. The molecule has 0 spiro atoms. The van der Waals surface area contributed by atoms with E-state index in [9.17, 15) is 0 Å². The van der Waals surface area contributed by atoms with E-state index in [1.807, 2.05) is 24.3 Å². The Hall–Kier alpha value is -2.86. The largest absolute Gasteiger partial charge is 0.356 e. The van der Waals surface area contributed by atoms with Gasteiger partial charge in [-0.2, -0.15) is 4.98 Å². The second kappa shape index (κ2) is 9.19. The van der Waals surface area contributed by atoms with Gasteiger partial charge >= 0.3 is 0 Å². The van der Waals surface area contributed by atoms with E-state index in [-0.39, 0.29) is 0 Å². The second-order valence-corrected chi connectivity index (χ2v) is 6.55. The van der Waals surface area contributed by atoms with Gasteiger partial charge < -0.3 is 15.2 Å². The number of hydrogen-bond donors (Lipinski definition) is 2. The quantitative estimate of drug-likeness (QED) is 0.502. The Balaban J connectivity index is 1.48. The van der Waals surface area contributed by atoms with Crippen LogP contribution in [0, 0.1) is 6.92 Å². The standard InChI is InChI=1S/C20H22ClN5O/c1-14-5-3-6-15(11-14)13-24-20(22-2)23-10-9-18-25-19(26-27-18)16-7-4-8-17(21)12-16/h3-8,11-12H,9-10,13H2,1-2H3,(H2,22,23,24). The molecule has 7 heteroatoms. The monoisotopic (exact) mass is 383 g/mol. The zero-order chi connectivity index (χ0) is 19.1. The fraction of sp³-hybridized carbons (Fsp3) is 0.250. The van der Waals surface area contributed by atoms with Gasteiger partial charge in [-0.05, 0) is 24.6 Å². The number of benzene rings is 2. The van der Waals surface area contributed by atoms with E-state index >= 15 is 0 Å². The topological polar surface area (TPSA) is 75.3 Å². The molecule has 140 valence electrons. The van der Waals surface area contributed by atoms with Crippen LogP contribution in [0.1, 0.15) is 17.0 Å². The Bertz CT molecular complexity index is 922. The Kier molecular flexibility index (Phi) is 6.44. The summed E-state index contributed by atoms with van der Waals surface area (Å²) >= 11 is 6.00. The van der Waals surface area contributed by atoms with Crippen molar-refractivity contribution < 1.29 is 4.52 Å². The van der Waals surface area contributed by atoms with Crippen molar-refractivity contribution in [3.05, 3.63) is 70.6 Å². The molecule has 6 nitrogen and oxygen atoms in total. The Morgan fingerprint density at radius 3 is 2.78 bits per heavy atom. The summed E-state index contributed by atoms with van der Waals surface area (Å²) in [6.45, 7) is 3.42. The fourth-order valence-electron chi connectivity index (χ4n) is 2.62. The summed E-state index contributed by atoms with van der Waals surface area (Å²) in [5.74, 6) is 1.83. The van der Waals surface area contributed by atoms with Crippen LogP contribution in [0.4, 0.5) is 0 Å². The van der Waals surface area contributed by atoms with Crippen LogP contribution >= 0.6 is 11.6 Å². The van der Waals surface area contributed by atoms with Crippen molar-refractivity contribution in [3.8, 4) is 11.4 Å². The smallest absolute Gasteiger partial charge is 0.228 e. The average Bonchev–Trinajstić information content (AvgIpc) is 3.13. The number of aryl methyl sites for hydroxylation is 1. The van der Waals surface area contributed by atoms with Gasteiger partial charge in [-0.15, -0.1) is 0 Å². The molecule has 0 saturated heterocycles. The molecule has 0 amide bonds. The van der Waals surface area contributed by atoms with E-state index in [1.165, 1.54) is 11.1 Å². The van der Waals surface area contributed by atoms with E-state index in [2.05, 4.69) is 57.0 Å². The highest BCUT2D eigenvalue weighted by Gasteiger charge is 2.09. The molecule has 3 rings (SSSR count). The molecule has 0 aliphatic rings. The normalized spacial score (nSPS) is 11.4.